The molecule has 2 aromatic carbocycles. The number of carboxylic acids is 2. The van der Waals surface area contributed by atoms with Crippen molar-refractivity contribution < 1.29 is 28.2 Å². The lowest BCUT2D eigenvalue weighted by Crippen LogP contribution is -2.09. The molecule has 9 heteroatoms. The summed E-state index contributed by atoms with van der Waals surface area (Å²) in [5.74, 6) is -2.74. The predicted octanol–water partition coefficient (Wildman–Crippen LogP) is 1.08. The summed E-state index contributed by atoms with van der Waals surface area (Å²) in [6.07, 6.45) is 0. The Kier molecular flexibility index (Phi) is 3.98. The van der Waals surface area contributed by atoms with Crippen LogP contribution in [0.3, 0.4) is 0 Å². The molecule has 0 aliphatic rings. The van der Waals surface area contributed by atoms with Gasteiger partial charge < -0.3 is 21.7 Å². The number of aromatic carboxylic acids is 2. The topological polar surface area (TPSA) is 161 Å². The molecule has 0 aromatic heterocycles. The summed E-state index contributed by atoms with van der Waals surface area (Å²) in [4.78, 5) is 21.5. The van der Waals surface area contributed by atoms with E-state index in [0.717, 1.165) is 36.4 Å². The van der Waals surface area contributed by atoms with Crippen LogP contribution >= 0.6 is 0 Å². The standard InChI is InChI=1S/C14H12N2O6S/c15-11-3-1-7(5-9(11)13(17)18)23(21,22)8-2-4-12(16)10(6-8)14(19)20/h1-6H,15-16H2,(H,17,18)(H,19,20). The molecule has 8 nitrogen and oxygen atoms in total. The fraction of sp³-hybridized carbons (Fsp3) is 0. The predicted molar refractivity (Wildman–Crippen MR) is 81.1 cm³/mol. The molecule has 2 rings (SSSR count). The molecule has 0 saturated carbocycles. The van der Waals surface area contributed by atoms with Crippen molar-refractivity contribution in [2.24, 2.45) is 0 Å². The number of carboxylic acid groups (broad SMARTS) is 2. The van der Waals surface area contributed by atoms with Crippen LogP contribution in [0, 0.1) is 0 Å². The molecule has 0 saturated heterocycles. The molecule has 6 N–H and O–H groups in total. The maximum atomic E-state index is 12.5. The number of rotatable bonds is 4. The zero-order valence-corrected chi connectivity index (χ0v) is 12.4. The highest BCUT2D eigenvalue weighted by Gasteiger charge is 2.22. The molecule has 0 atom stereocenters. The number of sulfone groups is 1. The summed E-state index contributed by atoms with van der Waals surface area (Å²) in [5.41, 5.74) is 10.1. The first-order chi connectivity index (χ1) is 10.6. The number of hydrogen-bond donors (Lipinski definition) is 4. The Balaban J connectivity index is 2.64. The average Bonchev–Trinajstić information content (AvgIpc) is 2.47. The van der Waals surface area contributed by atoms with Gasteiger partial charge >= 0.3 is 11.9 Å². The van der Waals surface area contributed by atoms with E-state index in [1.54, 1.807) is 0 Å². The molecule has 0 radical (unpaired) electrons. The van der Waals surface area contributed by atoms with Crippen LogP contribution in [0.15, 0.2) is 46.2 Å². The first-order valence-electron chi connectivity index (χ1n) is 6.15. The van der Waals surface area contributed by atoms with Gasteiger partial charge in [0.1, 0.15) is 0 Å². The largest absolute Gasteiger partial charge is 0.478 e. The van der Waals surface area contributed by atoms with Gasteiger partial charge in [-0.2, -0.15) is 0 Å². The lowest BCUT2D eigenvalue weighted by molar-refractivity contribution is 0.0687. The number of hydrogen-bond acceptors (Lipinski definition) is 6. The van der Waals surface area contributed by atoms with Crippen molar-refractivity contribution >= 4 is 33.2 Å². The number of carbonyl (C=O) groups is 2. The van der Waals surface area contributed by atoms with Gasteiger partial charge in [-0.1, -0.05) is 0 Å². The number of anilines is 2. The Bertz CT molecular complexity index is 851. The van der Waals surface area contributed by atoms with Gasteiger partial charge in [-0.15, -0.1) is 0 Å². The van der Waals surface area contributed by atoms with Gasteiger partial charge in [0.05, 0.1) is 20.9 Å². The minimum Gasteiger partial charge on any atom is -0.478 e. The van der Waals surface area contributed by atoms with E-state index in [1.165, 1.54) is 0 Å². The molecule has 0 spiro atoms. The maximum absolute atomic E-state index is 12.5. The smallest absolute Gasteiger partial charge is 0.337 e. The van der Waals surface area contributed by atoms with Crippen LogP contribution in [0.5, 0.6) is 0 Å². The lowest BCUT2D eigenvalue weighted by Gasteiger charge is -2.09. The van der Waals surface area contributed by atoms with Gasteiger partial charge in [0.25, 0.3) is 0 Å². The van der Waals surface area contributed by atoms with E-state index in [4.69, 9.17) is 21.7 Å². The molecule has 0 aliphatic carbocycles. The van der Waals surface area contributed by atoms with Crippen molar-refractivity contribution in [3.05, 3.63) is 47.5 Å². The minimum atomic E-state index is -4.12. The molecule has 0 aliphatic heterocycles. The molecular formula is C14H12N2O6S. The third-order valence-electron chi connectivity index (χ3n) is 3.13. The fourth-order valence-corrected chi connectivity index (χ4v) is 3.22. The number of benzene rings is 2. The summed E-state index contributed by atoms with van der Waals surface area (Å²) in [6, 6.07) is 6.45. The second kappa shape index (κ2) is 5.61. The van der Waals surface area contributed by atoms with Gasteiger partial charge in [-0.3, -0.25) is 0 Å². The second-order valence-corrected chi connectivity index (χ2v) is 6.56. The molecule has 0 bridgehead atoms. The fourth-order valence-electron chi connectivity index (χ4n) is 1.91. The molecule has 0 heterocycles. The Morgan fingerprint density at radius 2 is 1.13 bits per heavy atom. The third-order valence-corrected chi connectivity index (χ3v) is 4.88. The second-order valence-electron chi connectivity index (χ2n) is 4.61. The Morgan fingerprint density at radius 3 is 1.43 bits per heavy atom. The van der Waals surface area contributed by atoms with Crippen LogP contribution in [0.1, 0.15) is 20.7 Å². The quantitative estimate of drug-likeness (QED) is 0.603. The SMILES string of the molecule is Nc1ccc(S(=O)(=O)c2ccc(N)c(C(=O)O)c2)cc1C(=O)O. The summed E-state index contributed by atoms with van der Waals surface area (Å²) in [5, 5.41) is 18.0. The highest BCUT2D eigenvalue weighted by molar-refractivity contribution is 7.91. The summed E-state index contributed by atoms with van der Waals surface area (Å²) < 4.78 is 25.1. The van der Waals surface area contributed by atoms with Crippen LogP contribution in [-0.2, 0) is 9.84 Å². The van der Waals surface area contributed by atoms with Crippen LogP contribution in [-0.4, -0.2) is 30.6 Å². The van der Waals surface area contributed by atoms with E-state index < -0.39 is 21.8 Å². The zero-order chi connectivity index (χ0) is 17.4. The van der Waals surface area contributed by atoms with E-state index in [2.05, 4.69) is 0 Å². The Labute approximate surface area is 130 Å². The maximum Gasteiger partial charge on any atom is 0.337 e. The summed E-state index contributed by atoms with van der Waals surface area (Å²) in [7, 11) is -4.12. The highest BCUT2D eigenvalue weighted by Crippen LogP contribution is 2.26. The first kappa shape index (κ1) is 16.3. The molecule has 120 valence electrons. The number of nitrogens with two attached hydrogens (primary N) is 2. The van der Waals surface area contributed by atoms with E-state index in [-0.39, 0.29) is 32.3 Å². The van der Waals surface area contributed by atoms with Crippen molar-refractivity contribution in [3.8, 4) is 0 Å². The van der Waals surface area contributed by atoms with Crippen LogP contribution < -0.4 is 11.5 Å². The number of nitrogen functional groups attached to an aromatic ring is 2. The van der Waals surface area contributed by atoms with Crippen molar-refractivity contribution in [2.45, 2.75) is 9.79 Å². The van der Waals surface area contributed by atoms with E-state index in [1.807, 2.05) is 0 Å². The molecular weight excluding hydrogens is 324 g/mol. The van der Waals surface area contributed by atoms with Gasteiger partial charge in [-0.05, 0) is 36.4 Å². The molecule has 0 unspecified atom stereocenters. The van der Waals surface area contributed by atoms with E-state index >= 15 is 0 Å². The average molecular weight is 336 g/mol. The van der Waals surface area contributed by atoms with Crippen molar-refractivity contribution in [2.75, 3.05) is 11.5 Å². The van der Waals surface area contributed by atoms with Gasteiger partial charge in [0, 0.05) is 11.4 Å². The zero-order valence-electron chi connectivity index (χ0n) is 11.6. The molecule has 2 aromatic rings. The summed E-state index contributed by atoms with van der Waals surface area (Å²) in [6.45, 7) is 0. The monoisotopic (exact) mass is 336 g/mol. The highest BCUT2D eigenvalue weighted by atomic mass is 32.2. The molecule has 0 amide bonds. The normalized spacial score (nSPS) is 11.1. The van der Waals surface area contributed by atoms with Crippen LogP contribution in [0.25, 0.3) is 0 Å². The summed E-state index contributed by atoms with van der Waals surface area (Å²) >= 11 is 0. The van der Waals surface area contributed by atoms with Crippen molar-refractivity contribution in [3.63, 3.8) is 0 Å². The van der Waals surface area contributed by atoms with Crippen molar-refractivity contribution in [1.82, 2.24) is 0 Å². The van der Waals surface area contributed by atoms with Gasteiger partial charge in [-0.25, -0.2) is 18.0 Å². The van der Waals surface area contributed by atoms with Gasteiger partial charge in [0.2, 0.25) is 9.84 Å². The van der Waals surface area contributed by atoms with E-state index in [9.17, 15) is 18.0 Å². The molecule has 0 fully saturated rings. The van der Waals surface area contributed by atoms with E-state index in [0.29, 0.717) is 0 Å². The van der Waals surface area contributed by atoms with Gasteiger partial charge in [0.15, 0.2) is 0 Å². The first-order valence-corrected chi connectivity index (χ1v) is 7.63. The Morgan fingerprint density at radius 1 is 0.783 bits per heavy atom. The molecule has 23 heavy (non-hydrogen) atoms. The van der Waals surface area contributed by atoms with Crippen LogP contribution in [0.2, 0.25) is 0 Å². The van der Waals surface area contributed by atoms with Crippen molar-refractivity contribution in [1.29, 1.82) is 0 Å². The Hall–Kier alpha value is -3.07. The lowest BCUT2D eigenvalue weighted by atomic mass is 10.2. The minimum absolute atomic E-state index is 0.0834. The van der Waals surface area contributed by atoms with Crippen LogP contribution in [0.4, 0.5) is 11.4 Å². The third kappa shape index (κ3) is 2.94.